The van der Waals surface area contributed by atoms with E-state index in [-0.39, 0.29) is 35.8 Å². The summed E-state index contributed by atoms with van der Waals surface area (Å²) in [6.45, 7) is 3.91. The first-order valence-electron chi connectivity index (χ1n) is 11.3. The fourth-order valence-electron chi connectivity index (χ4n) is 3.54. The van der Waals surface area contributed by atoms with Gasteiger partial charge in [0.2, 0.25) is 0 Å². The summed E-state index contributed by atoms with van der Waals surface area (Å²) in [6.07, 6.45) is 5.08. The van der Waals surface area contributed by atoms with E-state index in [4.69, 9.17) is 11.5 Å². The third kappa shape index (κ3) is 8.89. The van der Waals surface area contributed by atoms with Crippen LogP contribution in [0.5, 0.6) is 0 Å². The van der Waals surface area contributed by atoms with Crippen LogP contribution in [0.25, 0.3) is 0 Å². The number of sulfone groups is 2. The van der Waals surface area contributed by atoms with E-state index in [0.717, 1.165) is 25.4 Å². The molecule has 210 valence electrons. The van der Waals surface area contributed by atoms with E-state index in [1.165, 1.54) is 13.2 Å². The van der Waals surface area contributed by atoms with Crippen LogP contribution >= 0.6 is 31.9 Å². The Morgan fingerprint density at radius 2 is 1.21 bits per heavy atom. The summed E-state index contributed by atoms with van der Waals surface area (Å²) in [5.74, 6) is -1.62. The predicted molar refractivity (Wildman–Crippen MR) is 154 cm³/mol. The number of aryl methyl sites for hydroxylation is 2. The van der Waals surface area contributed by atoms with Crippen molar-refractivity contribution in [2.75, 3.05) is 19.6 Å². The highest BCUT2D eigenvalue weighted by atomic mass is 79.9. The molecule has 0 heterocycles. The Morgan fingerprint density at radius 3 is 1.55 bits per heavy atom. The molecule has 0 aliphatic rings. The molecule has 0 radical (unpaired) electrons. The Labute approximate surface area is 240 Å². The van der Waals surface area contributed by atoms with Crippen molar-refractivity contribution in [3.05, 3.63) is 55.5 Å². The van der Waals surface area contributed by atoms with Crippen molar-refractivity contribution in [3.63, 3.8) is 0 Å². The third-order valence-electron chi connectivity index (χ3n) is 5.00. The highest BCUT2D eigenvalue weighted by Gasteiger charge is 2.24. The number of carbonyl (C=O) groups excluding carboxylic acids is 2. The van der Waals surface area contributed by atoms with Crippen LogP contribution in [0.3, 0.4) is 0 Å². The largest absolute Gasteiger partial charge is 0.465 e. The topological polar surface area (TPSA) is 176 Å². The van der Waals surface area contributed by atoms with Gasteiger partial charge in [-0.1, -0.05) is 38.8 Å². The minimum atomic E-state index is -3.48. The number of methoxy groups -OCH3 is 1. The highest BCUT2D eigenvalue weighted by molar-refractivity contribution is 9.10. The molecule has 38 heavy (non-hydrogen) atoms. The summed E-state index contributed by atoms with van der Waals surface area (Å²) in [6, 6.07) is 6.37. The Balaban J connectivity index is 0.000000382. The van der Waals surface area contributed by atoms with Crippen LogP contribution in [-0.4, -0.2) is 54.3 Å². The van der Waals surface area contributed by atoms with Gasteiger partial charge in [-0.2, -0.15) is 4.99 Å². The molecule has 0 unspecified atom stereocenters. The smallest absolute Gasteiger partial charge is 0.339 e. The maximum absolute atomic E-state index is 11.9. The van der Waals surface area contributed by atoms with Gasteiger partial charge in [0.05, 0.1) is 32.5 Å². The average Bonchev–Trinajstić information content (AvgIpc) is 2.77. The molecule has 10 nitrogen and oxygen atoms in total. The molecule has 0 atom stereocenters. The number of hydrogen-bond donors (Lipinski definition) is 2. The van der Waals surface area contributed by atoms with Gasteiger partial charge >= 0.3 is 5.97 Å². The van der Waals surface area contributed by atoms with Gasteiger partial charge in [-0.15, -0.1) is 0 Å². The Hall–Kier alpha value is -2.29. The van der Waals surface area contributed by atoms with Crippen molar-refractivity contribution in [2.24, 2.45) is 16.5 Å². The zero-order chi connectivity index (χ0) is 29.4. The van der Waals surface area contributed by atoms with E-state index in [2.05, 4.69) is 41.6 Å². The molecule has 0 bridgehead atoms. The molecule has 2 rings (SSSR count). The van der Waals surface area contributed by atoms with Crippen molar-refractivity contribution in [1.29, 1.82) is 0 Å². The molecule has 0 aliphatic carbocycles. The van der Waals surface area contributed by atoms with Crippen molar-refractivity contribution in [3.8, 4) is 0 Å². The average molecular weight is 697 g/mol. The van der Waals surface area contributed by atoms with Gasteiger partial charge in [-0.05, 0) is 68.0 Å². The fraction of sp³-hybridized carbons (Fsp3) is 0.375. The summed E-state index contributed by atoms with van der Waals surface area (Å²) in [5.41, 5.74) is 12.0. The summed E-state index contributed by atoms with van der Waals surface area (Å²) in [4.78, 5) is 27.1. The van der Waals surface area contributed by atoms with Gasteiger partial charge in [0.15, 0.2) is 25.6 Å². The van der Waals surface area contributed by atoms with E-state index >= 15 is 0 Å². The molecule has 2 aromatic rings. The molecule has 0 aromatic heterocycles. The fourth-order valence-corrected chi connectivity index (χ4v) is 8.57. The monoisotopic (exact) mass is 695 g/mol. The van der Waals surface area contributed by atoms with Crippen LogP contribution in [0.15, 0.2) is 48.0 Å². The van der Waals surface area contributed by atoms with E-state index in [9.17, 15) is 26.4 Å². The number of hydrogen-bond acceptors (Lipinski definition) is 7. The van der Waals surface area contributed by atoms with Crippen LogP contribution in [-0.2, 0) is 37.3 Å². The van der Waals surface area contributed by atoms with Crippen molar-refractivity contribution >= 4 is 69.4 Å². The summed E-state index contributed by atoms with van der Waals surface area (Å²) >= 11 is 6.38. The second kappa shape index (κ2) is 14.2. The SMILES string of the molecule is CCCc1ccc(C(=O)N=C(N)N)c(Br)c1S(C)(=O)=O.CCCc1ccc(C(=O)OC)c(Br)c1S(C)(=O)=O. The van der Waals surface area contributed by atoms with Gasteiger partial charge in [0.1, 0.15) is 0 Å². The van der Waals surface area contributed by atoms with Crippen LogP contribution < -0.4 is 11.5 Å². The lowest BCUT2D eigenvalue weighted by atomic mass is 10.1. The Kier molecular flexibility index (Phi) is 12.6. The number of aliphatic imine (C=N–C) groups is 1. The highest BCUT2D eigenvalue weighted by Crippen LogP contribution is 2.32. The molecule has 4 N–H and O–H groups in total. The first-order chi connectivity index (χ1) is 17.5. The molecular weight excluding hydrogens is 666 g/mol. The summed E-state index contributed by atoms with van der Waals surface area (Å²) in [7, 11) is -5.63. The first-order valence-corrected chi connectivity index (χ1v) is 16.6. The number of amides is 1. The van der Waals surface area contributed by atoms with Crippen LogP contribution in [0.1, 0.15) is 58.5 Å². The molecule has 14 heteroatoms. The quantitative estimate of drug-likeness (QED) is 0.236. The molecular formula is C24H31Br2N3O7S2. The number of ether oxygens (including phenoxy) is 1. The number of halogens is 2. The number of nitrogens with zero attached hydrogens (tertiary/aromatic N) is 1. The second-order valence-electron chi connectivity index (χ2n) is 8.21. The van der Waals surface area contributed by atoms with Crippen molar-refractivity contribution in [2.45, 2.75) is 49.3 Å². The lowest BCUT2D eigenvalue weighted by molar-refractivity contribution is 0.0599. The number of guanidine groups is 1. The second-order valence-corrected chi connectivity index (χ2v) is 13.7. The zero-order valence-electron chi connectivity index (χ0n) is 21.7. The number of benzene rings is 2. The molecule has 0 spiro atoms. The van der Waals surface area contributed by atoms with Gasteiger partial charge in [-0.3, -0.25) is 4.79 Å². The predicted octanol–water partition coefficient (Wildman–Crippen LogP) is 3.81. The lowest BCUT2D eigenvalue weighted by Gasteiger charge is -2.12. The lowest BCUT2D eigenvalue weighted by Crippen LogP contribution is -2.24. The molecule has 2 aromatic carbocycles. The Bertz CT molecular complexity index is 1450. The van der Waals surface area contributed by atoms with Gasteiger partial charge in [0, 0.05) is 17.0 Å². The maximum atomic E-state index is 11.9. The number of esters is 1. The molecule has 1 amide bonds. The van der Waals surface area contributed by atoms with Gasteiger partial charge < -0.3 is 16.2 Å². The standard InChI is InChI=1S/C12H16BrN3O3S.C12H15BrO4S/c1-3-4-7-5-6-8(11(17)16-12(14)15)9(13)10(7)20(2,18)19;1-4-5-8-6-7-9(12(14)17-2)10(13)11(8)18(3,15)16/h5-6H,3-4H2,1-2H3,(H4,14,15,16,17);6-7H,4-5H2,1-3H3. The number of carbonyl (C=O) groups is 2. The van der Waals surface area contributed by atoms with Gasteiger partial charge in [-0.25, -0.2) is 21.6 Å². The van der Waals surface area contributed by atoms with Crippen molar-refractivity contribution in [1.82, 2.24) is 0 Å². The van der Waals surface area contributed by atoms with Crippen molar-refractivity contribution < 1.29 is 31.2 Å². The first kappa shape index (κ1) is 33.7. The van der Waals surface area contributed by atoms with Crippen LogP contribution in [0.2, 0.25) is 0 Å². The van der Waals surface area contributed by atoms with E-state index < -0.39 is 31.6 Å². The third-order valence-corrected chi connectivity index (χ3v) is 9.59. The molecule has 0 aliphatic heterocycles. The minimum absolute atomic E-state index is 0.107. The zero-order valence-corrected chi connectivity index (χ0v) is 26.5. The molecule has 0 fully saturated rings. The van der Waals surface area contributed by atoms with E-state index in [0.29, 0.717) is 24.0 Å². The molecule has 0 saturated carbocycles. The van der Waals surface area contributed by atoms with Crippen LogP contribution in [0, 0.1) is 0 Å². The van der Waals surface area contributed by atoms with E-state index in [1.807, 2.05) is 13.8 Å². The minimum Gasteiger partial charge on any atom is -0.465 e. The Morgan fingerprint density at radius 1 is 0.816 bits per heavy atom. The number of rotatable bonds is 8. The number of nitrogens with two attached hydrogens (primary N) is 2. The van der Waals surface area contributed by atoms with E-state index in [1.54, 1.807) is 18.2 Å². The maximum Gasteiger partial charge on any atom is 0.339 e. The van der Waals surface area contributed by atoms with Gasteiger partial charge in [0.25, 0.3) is 5.91 Å². The van der Waals surface area contributed by atoms with Crippen LogP contribution in [0.4, 0.5) is 0 Å². The molecule has 0 saturated heterocycles. The summed E-state index contributed by atoms with van der Waals surface area (Å²) in [5, 5.41) is 0. The summed E-state index contributed by atoms with van der Waals surface area (Å²) < 4.78 is 52.6. The normalized spacial score (nSPS) is 11.2.